The molecule has 0 atom stereocenters. The summed E-state index contributed by atoms with van der Waals surface area (Å²) in [6, 6.07) is 20.4. The molecule has 0 amide bonds. The molecule has 0 bridgehead atoms. The van der Waals surface area contributed by atoms with Crippen LogP contribution in [0.5, 0.6) is 0 Å². The second-order valence-corrected chi connectivity index (χ2v) is 10.2. The van der Waals surface area contributed by atoms with Gasteiger partial charge in [0.25, 0.3) is 0 Å². The summed E-state index contributed by atoms with van der Waals surface area (Å²) >= 11 is 7.04. The minimum absolute atomic E-state index is 0.166. The second-order valence-electron chi connectivity index (χ2n) is 6.55. The molecule has 29 heavy (non-hydrogen) atoms. The highest BCUT2D eigenvalue weighted by Crippen LogP contribution is 2.47. The Morgan fingerprint density at radius 3 is 2.14 bits per heavy atom. The van der Waals surface area contributed by atoms with Gasteiger partial charge in [0.15, 0.2) is 5.78 Å². The third-order valence-electron chi connectivity index (χ3n) is 4.76. The lowest BCUT2D eigenvalue weighted by atomic mass is 10.0. The molecule has 0 aliphatic carbocycles. The molecule has 0 radical (unpaired) electrons. The van der Waals surface area contributed by atoms with Crippen molar-refractivity contribution in [2.24, 2.45) is 0 Å². The third-order valence-corrected chi connectivity index (χ3v) is 8.65. The Morgan fingerprint density at radius 2 is 1.34 bits per heavy atom. The molecule has 1 nitrogen and oxygen atoms in total. The molecule has 0 unspecified atom stereocenters. The summed E-state index contributed by atoms with van der Waals surface area (Å²) in [5, 5.41) is 8.55. The Kier molecular flexibility index (Phi) is 5.29. The first-order valence-corrected chi connectivity index (χ1v) is 12.7. The maximum Gasteiger partial charge on any atom is 0.167 e. The summed E-state index contributed by atoms with van der Waals surface area (Å²) in [7, 11) is 0. The van der Waals surface area contributed by atoms with E-state index in [1.807, 2.05) is 30.3 Å². The topological polar surface area (TPSA) is 17.1 Å². The van der Waals surface area contributed by atoms with Crippen LogP contribution in [0.4, 0.5) is 0 Å². The van der Waals surface area contributed by atoms with Crippen LogP contribution in [0.2, 0.25) is 0 Å². The van der Waals surface area contributed by atoms with Gasteiger partial charge in [0, 0.05) is 37.7 Å². The Hall–Kier alpha value is -2.31. The van der Waals surface area contributed by atoms with E-state index >= 15 is 0 Å². The summed E-state index contributed by atoms with van der Waals surface area (Å²) < 4.78 is 0. The van der Waals surface area contributed by atoms with E-state index in [4.69, 9.17) is 0 Å². The summed E-state index contributed by atoms with van der Waals surface area (Å²) in [4.78, 5) is 17.8. The van der Waals surface area contributed by atoms with Crippen LogP contribution in [0.3, 0.4) is 0 Å². The number of Topliss-reactive ketones (excluding diaryl/α,β-unsaturated/α-hetero) is 1. The van der Waals surface area contributed by atoms with Crippen molar-refractivity contribution in [3.8, 4) is 30.6 Å². The molecule has 5 heteroatoms. The number of carbonyl (C=O) groups excluding carboxylic acids is 1. The molecule has 5 rings (SSSR count). The minimum Gasteiger partial charge on any atom is -0.294 e. The lowest BCUT2D eigenvalue weighted by Crippen LogP contribution is -2.03. The fraction of sp³-hybridized carbons (Fsp3) is 0.0417. The normalized spacial score (nSPS) is 11.0. The first-order chi connectivity index (χ1) is 14.3. The molecule has 0 saturated carbocycles. The van der Waals surface area contributed by atoms with Gasteiger partial charge in [0.1, 0.15) is 0 Å². The van der Waals surface area contributed by atoms with Crippen LogP contribution >= 0.6 is 45.3 Å². The monoisotopic (exact) mass is 448 g/mol. The highest BCUT2D eigenvalue weighted by molar-refractivity contribution is 7.22. The predicted octanol–water partition coefficient (Wildman–Crippen LogP) is 8.36. The van der Waals surface area contributed by atoms with Crippen LogP contribution in [0, 0.1) is 0 Å². The Labute approximate surface area is 185 Å². The Morgan fingerprint density at radius 1 is 0.621 bits per heavy atom. The number of rotatable bonds is 6. The van der Waals surface area contributed by atoms with Crippen molar-refractivity contribution in [1.29, 1.82) is 0 Å². The van der Waals surface area contributed by atoms with Crippen molar-refractivity contribution in [3.63, 3.8) is 0 Å². The van der Waals surface area contributed by atoms with Crippen molar-refractivity contribution in [2.75, 3.05) is 0 Å². The first-order valence-electron chi connectivity index (χ1n) is 9.15. The van der Waals surface area contributed by atoms with E-state index in [2.05, 4.69) is 51.9 Å². The van der Waals surface area contributed by atoms with Gasteiger partial charge in [-0.3, -0.25) is 4.79 Å². The van der Waals surface area contributed by atoms with Crippen LogP contribution in [0.25, 0.3) is 30.6 Å². The SMILES string of the molecule is O=C(Cc1ccsc1-c1sccc1-c1sccc1-c1cccs1)c1ccccc1. The number of thiophene rings is 4. The molecule has 0 aliphatic rings. The van der Waals surface area contributed by atoms with Crippen molar-refractivity contribution >= 4 is 51.1 Å². The zero-order valence-corrected chi connectivity index (χ0v) is 18.6. The molecule has 0 fully saturated rings. The van der Waals surface area contributed by atoms with E-state index in [1.165, 1.54) is 30.6 Å². The van der Waals surface area contributed by atoms with Gasteiger partial charge in [-0.15, -0.1) is 45.3 Å². The average molecular weight is 449 g/mol. The molecule has 4 heterocycles. The predicted molar refractivity (Wildman–Crippen MR) is 129 cm³/mol. The molecule has 1 aromatic carbocycles. The van der Waals surface area contributed by atoms with Crippen molar-refractivity contribution in [1.82, 2.24) is 0 Å². The number of benzene rings is 1. The fourth-order valence-electron chi connectivity index (χ4n) is 3.38. The number of hydrogen-bond acceptors (Lipinski definition) is 5. The Bertz CT molecular complexity index is 1240. The van der Waals surface area contributed by atoms with Crippen molar-refractivity contribution < 1.29 is 4.79 Å². The maximum atomic E-state index is 12.8. The van der Waals surface area contributed by atoms with E-state index < -0.39 is 0 Å². The van der Waals surface area contributed by atoms with Crippen molar-refractivity contribution in [3.05, 3.63) is 93.3 Å². The van der Waals surface area contributed by atoms with E-state index in [9.17, 15) is 4.79 Å². The van der Waals surface area contributed by atoms with Gasteiger partial charge in [0.05, 0.1) is 4.88 Å². The highest BCUT2D eigenvalue weighted by Gasteiger charge is 2.19. The number of hydrogen-bond donors (Lipinski definition) is 0. The quantitative estimate of drug-likeness (QED) is 0.238. The second kappa shape index (κ2) is 8.20. The van der Waals surface area contributed by atoms with Crippen LogP contribution in [0.15, 0.2) is 82.2 Å². The lowest BCUT2D eigenvalue weighted by Gasteiger charge is -2.07. The van der Waals surface area contributed by atoms with Crippen LogP contribution in [0.1, 0.15) is 15.9 Å². The van der Waals surface area contributed by atoms with Gasteiger partial charge in [0.2, 0.25) is 0 Å². The summed E-state index contributed by atoms with van der Waals surface area (Å²) in [6.45, 7) is 0. The fourth-order valence-corrected chi connectivity index (χ4v) is 7.25. The summed E-state index contributed by atoms with van der Waals surface area (Å²) in [6.07, 6.45) is 0.433. The molecule has 5 aromatic rings. The standard InChI is InChI=1S/C24H16OS4/c25-20(16-5-2-1-3-6-16)15-17-8-12-27-22(17)24-19(10-14-29-24)23-18(9-13-28-23)21-7-4-11-26-21/h1-14H,15H2. The van der Waals surface area contributed by atoms with E-state index in [1.54, 1.807) is 45.3 Å². The van der Waals surface area contributed by atoms with Crippen molar-refractivity contribution in [2.45, 2.75) is 6.42 Å². The van der Waals surface area contributed by atoms with Crippen LogP contribution in [-0.4, -0.2) is 5.78 Å². The largest absolute Gasteiger partial charge is 0.294 e. The molecule has 142 valence electrons. The summed E-state index contributed by atoms with van der Waals surface area (Å²) in [5.74, 6) is 0.166. The van der Waals surface area contributed by atoms with Gasteiger partial charge in [-0.05, 0) is 51.3 Å². The number of carbonyl (C=O) groups is 1. The molecule has 4 aromatic heterocycles. The number of ketones is 1. The average Bonchev–Trinajstić information content (AvgIpc) is 3.54. The minimum atomic E-state index is 0.166. The van der Waals surface area contributed by atoms with Gasteiger partial charge < -0.3 is 0 Å². The first kappa shape index (κ1) is 18.7. The van der Waals surface area contributed by atoms with Crippen LogP contribution in [-0.2, 0) is 6.42 Å². The summed E-state index contributed by atoms with van der Waals surface area (Å²) in [5.41, 5.74) is 4.45. The molecule has 0 N–H and O–H groups in total. The third kappa shape index (κ3) is 3.67. The van der Waals surface area contributed by atoms with Gasteiger partial charge in [-0.1, -0.05) is 36.4 Å². The Balaban J connectivity index is 1.51. The molecule has 0 spiro atoms. The lowest BCUT2D eigenvalue weighted by molar-refractivity contribution is 0.0993. The van der Waals surface area contributed by atoms with Gasteiger partial charge in [-0.2, -0.15) is 0 Å². The molecule has 0 aliphatic heterocycles. The molecule has 0 saturated heterocycles. The van der Waals surface area contributed by atoms with E-state index in [0.717, 1.165) is 11.1 Å². The molecular formula is C24H16OS4. The van der Waals surface area contributed by atoms with E-state index in [-0.39, 0.29) is 5.78 Å². The molecular weight excluding hydrogens is 433 g/mol. The van der Waals surface area contributed by atoms with Crippen LogP contribution < -0.4 is 0 Å². The maximum absolute atomic E-state index is 12.8. The van der Waals surface area contributed by atoms with E-state index in [0.29, 0.717) is 6.42 Å². The van der Waals surface area contributed by atoms with Gasteiger partial charge in [-0.25, -0.2) is 0 Å². The smallest absolute Gasteiger partial charge is 0.167 e. The zero-order chi connectivity index (χ0) is 19.6. The van der Waals surface area contributed by atoms with Gasteiger partial charge >= 0.3 is 0 Å². The zero-order valence-electron chi connectivity index (χ0n) is 15.3. The highest BCUT2D eigenvalue weighted by atomic mass is 32.1.